The minimum absolute atomic E-state index is 0.0894. The normalized spacial score (nSPS) is 11.1. The van der Waals surface area contributed by atoms with Crippen LogP contribution in [0.2, 0.25) is 10.0 Å². The summed E-state index contributed by atoms with van der Waals surface area (Å²) >= 11 is 11.7. The molecule has 0 bridgehead atoms. The van der Waals surface area contributed by atoms with E-state index in [9.17, 15) is 9.59 Å². The van der Waals surface area contributed by atoms with Gasteiger partial charge in [0.1, 0.15) is 11.5 Å². The number of nitrogens with two attached hydrogens (primary N) is 1. The molecule has 2 rings (SSSR count). The van der Waals surface area contributed by atoms with E-state index in [1.807, 2.05) is 5.43 Å². The number of carbonyl (C=O) groups excluding carboxylic acids is 2. The van der Waals surface area contributed by atoms with Gasteiger partial charge in [0.25, 0.3) is 11.8 Å². The molecule has 1 aromatic carbocycles. The van der Waals surface area contributed by atoms with Gasteiger partial charge in [-0.3, -0.25) is 15.0 Å². The van der Waals surface area contributed by atoms with Gasteiger partial charge in [-0.1, -0.05) is 23.2 Å². The molecule has 0 atom stereocenters. The van der Waals surface area contributed by atoms with Crippen molar-refractivity contribution in [1.82, 2.24) is 10.7 Å². The Morgan fingerprint density at radius 3 is 2.59 bits per heavy atom. The number of rotatable bonds is 4. The second-order valence-electron chi connectivity index (χ2n) is 4.13. The van der Waals surface area contributed by atoms with Crippen molar-refractivity contribution in [3.63, 3.8) is 0 Å². The van der Waals surface area contributed by atoms with Crippen molar-refractivity contribution in [1.29, 1.82) is 0 Å². The summed E-state index contributed by atoms with van der Waals surface area (Å²) in [6.45, 7) is 0. The first-order chi connectivity index (χ1) is 10.5. The molecule has 22 heavy (non-hydrogen) atoms. The Morgan fingerprint density at radius 1 is 1.23 bits per heavy atom. The van der Waals surface area contributed by atoms with Gasteiger partial charge in [-0.25, -0.2) is 5.84 Å². The lowest BCUT2D eigenvalue weighted by Gasteiger charge is -2.09. The molecule has 8 heteroatoms. The Kier molecular flexibility index (Phi) is 5.21. The molecule has 0 aliphatic rings. The van der Waals surface area contributed by atoms with Crippen LogP contribution in [0, 0.1) is 0 Å². The lowest BCUT2D eigenvalue weighted by Crippen LogP contribution is -2.38. The third-order valence-corrected chi connectivity index (χ3v) is 3.18. The van der Waals surface area contributed by atoms with Gasteiger partial charge in [-0.2, -0.15) is 0 Å². The fraction of sp³-hybridized carbons (Fsp3) is 0. The molecule has 0 saturated heterocycles. The molecule has 114 valence electrons. The number of hydrogen-bond donors (Lipinski definition) is 3. The molecule has 0 aliphatic carbocycles. The van der Waals surface area contributed by atoms with Gasteiger partial charge >= 0.3 is 0 Å². The Labute approximate surface area is 135 Å². The first-order valence-corrected chi connectivity index (χ1v) is 6.79. The summed E-state index contributed by atoms with van der Waals surface area (Å²) in [5, 5.41) is 2.98. The average molecular weight is 340 g/mol. The van der Waals surface area contributed by atoms with E-state index in [4.69, 9.17) is 33.5 Å². The van der Waals surface area contributed by atoms with Crippen molar-refractivity contribution in [2.75, 3.05) is 0 Å². The predicted molar refractivity (Wildman–Crippen MR) is 82.9 cm³/mol. The first-order valence-electron chi connectivity index (χ1n) is 6.04. The van der Waals surface area contributed by atoms with E-state index in [2.05, 4.69) is 5.32 Å². The molecule has 0 unspecified atom stereocenters. The number of nitrogens with one attached hydrogen (secondary N) is 2. The number of amides is 2. The van der Waals surface area contributed by atoms with Gasteiger partial charge in [0, 0.05) is 11.1 Å². The molecule has 2 aromatic rings. The minimum Gasteiger partial charge on any atom is -0.465 e. The number of furan rings is 1. The highest BCUT2D eigenvalue weighted by atomic mass is 35.5. The van der Waals surface area contributed by atoms with Gasteiger partial charge in [0.2, 0.25) is 0 Å². The summed E-state index contributed by atoms with van der Waals surface area (Å²) in [5.74, 6) is 4.21. The van der Waals surface area contributed by atoms with Crippen molar-refractivity contribution in [3.8, 4) is 0 Å². The predicted octanol–water partition coefficient (Wildman–Crippen LogP) is 2.35. The Morgan fingerprint density at radius 2 is 2.00 bits per heavy atom. The SMILES string of the molecule is NNC(=O)/C(=C\c1ccco1)NC(=O)c1ccc(Cl)cc1Cl. The molecule has 0 fully saturated rings. The molecule has 6 nitrogen and oxygen atoms in total. The van der Waals surface area contributed by atoms with Crippen LogP contribution in [0.15, 0.2) is 46.7 Å². The number of hydrogen-bond acceptors (Lipinski definition) is 4. The van der Waals surface area contributed by atoms with Gasteiger partial charge in [0.05, 0.1) is 16.8 Å². The largest absolute Gasteiger partial charge is 0.465 e. The summed E-state index contributed by atoms with van der Waals surface area (Å²) in [6.07, 6.45) is 2.77. The summed E-state index contributed by atoms with van der Waals surface area (Å²) < 4.78 is 5.09. The maximum atomic E-state index is 12.2. The van der Waals surface area contributed by atoms with Crippen LogP contribution in [0.4, 0.5) is 0 Å². The maximum Gasteiger partial charge on any atom is 0.281 e. The first kappa shape index (κ1) is 16.1. The molecule has 0 aliphatic heterocycles. The van der Waals surface area contributed by atoms with E-state index >= 15 is 0 Å². The van der Waals surface area contributed by atoms with Crippen molar-refractivity contribution in [3.05, 3.63) is 63.7 Å². The summed E-state index contributed by atoms with van der Waals surface area (Å²) in [6, 6.07) is 7.65. The highest BCUT2D eigenvalue weighted by Crippen LogP contribution is 2.21. The van der Waals surface area contributed by atoms with E-state index in [0.717, 1.165) is 0 Å². The van der Waals surface area contributed by atoms with Crippen LogP contribution in [0.1, 0.15) is 16.1 Å². The van der Waals surface area contributed by atoms with Crippen molar-refractivity contribution < 1.29 is 14.0 Å². The quantitative estimate of drug-likeness (QED) is 0.344. The van der Waals surface area contributed by atoms with Crippen LogP contribution in [0.25, 0.3) is 6.08 Å². The zero-order valence-electron chi connectivity index (χ0n) is 11.1. The Balaban J connectivity index is 2.27. The standard InChI is InChI=1S/C14H11Cl2N3O3/c15-8-3-4-10(11(16)6-8)13(20)18-12(14(21)19-17)7-9-2-1-5-22-9/h1-7H,17H2,(H,18,20)(H,19,21)/b12-7+. The average Bonchev–Trinajstić information content (AvgIpc) is 2.98. The number of halogens is 2. The second-order valence-corrected chi connectivity index (χ2v) is 4.97. The lowest BCUT2D eigenvalue weighted by molar-refractivity contribution is -0.117. The Hall–Kier alpha value is -2.28. The zero-order chi connectivity index (χ0) is 16.1. The summed E-state index contributed by atoms with van der Waals surface area (Å²) in [5.41, 5.74) is 2.02. The number of benzene rings is 1. The molecule has 1 aromatic heterocycles. The van der Waals surface area contributed by atoms with Crippen molar-refractivity contribution in [2.45, 2.75) is 0 Å². The van der Waals surface area contributed by atoms with Crippen LogP contribution in [0.3, 0.4) is 0 Å². The van der Waals surface area contributed by atoms with Crippen molar-refractivity contribution >= 4 is 41.1 Å². The molecule has 0 radical (unpaired) electrons. The van der Waals surface area contributed by atoms with E-state index in [1.54, 1.807) is 12.1 Å². The summed E-state index contributed by atoms with van der Waals surface area (Å²) in [7, 11) is 0. The Bertz CT molecular complexity index is 727. The molecular weight excluding hydrogens is 329 g/mol. The highest BCUT2D eigenvalue weighted by Gasteiger charge is 2.16. The molecule has 2 amide bonds. The number of carbonyl (C=O) groups is 2. The number of hydrazine groups is 1. The minimum atomic E-state index is -0.685. The van der Waals surface area contributed by atoms with Gasteiger partial charge in [0.15, 0.2) is 0 Å². The van der Waals surface area contributed by atoms with E-state index in [-0.39, 0.29) is 16.3 Å². The second kappa shape index (κ2) is 7.13. The van der Waals surface area contributed by atoms with Gasteiger partial charge < -0.3 is 9.73 Å². The smallest absolute Gasteiger partial charge is 0.281 e. The lowest BCUT2D eigenvalue weighted by atomic mass is 10.2. The highest BCUT2D eigenvalue weighted by molar-refractivity contribution is 6.36. The molecule has 4 N–H and O–H groups in total. The van der Waals surface area contributed by atoms with E-state index in [1.165, 1.54) is 30.5 Å². The molecule has 1 heterocycles. The fourth-order valence-corrected chi connectivity index (χ4v) is 2.11. The molecule has 0 saturated carbocycles. The van der Waals surface area contributed by atoms with E-state index < -0.39 is 11.8 Å². The van der Waals surface area contributed by atoms with Gasteiger partial charge in [-0.15, -0.1) is 0 Å². The van der Waals surface area contributed by atoms with Crippen molar-refractivity contribution in [2.24, 2.45) is 5.84 Å². The topological polar surface area (TPSA) is 97.4 Å². The maximum absolute atomic E-state index is 12.2. The fourth-order valence-electron chi connectivity index (χ4n) is 1.62. The molecule has 0 spiro atoms. The van der Waals surface area contributed by atoms with Crippen LogP contribution >= 0.6 is 23.2 Å². The van der Waals surface area contributed by atoms with E-state index in [0.29, 0.717) is 10.8 Å². The zero-order valence-corrected chi connectivity index (χ0v) is 12.6. The summed E-state index contributed by atoms with van der Waals surface area (Å²) in [4.78, 5) is 23.9. The third kappa shape index (κ3) is 3.88. The monoisotopic (exact) mass is 339 g/mol. The van der Waals surface area contributed by atoms with Crippen LogP contribution in [-0.4, -0.2) is 11.8 Å². The van der Waals surface area contributed by atoms with Gasteiger partial charge in [-0.05, 0) is 30.3 Å². The molecular formula is C14H11Cl2N3O3. The third-order valence-electron chi connectivity index (χ3n) is 2.63. The van der Waals surface area contributed by atoms with Crippen LogP contribution in [-0.2, 0) is 4.79 Å². The van der Waals surface area contributed by atoms with Crippen LogP contribution in [0.5, 0.6) is 0 Å². The van der Waals surface area contributed by atoms with Crippen LogP contribution < -0.4 is 16.6 Å².